The van der Waals surface area contributed by atoms with Gasteiger partial charge in [0, 0.05) is 19.3 Å². The summed E-state index contributed by atoms with van der Waals surface area (Å²) in [6, 6.07) is -0.303. The van der Waals surface area contributed by atoms with Crippen LogP contribution in [0, 0.1) is 12.8 Å². The Morgan fingerprint density at radius 2 is 2.10 bits per heavy atom. The van der Waals surface area contributed by atoms with Crippen molar-refractivity contribution < 1.29 is 14.7 Å². The minimum Gasteiger partial charge on any atom is -0.481 e. The van der Waals surface area contributed by atoms with E-state index in [4.69, 9.17) is 5.11 Å². The third kappa shape index (κ3) is 4.83. The van der Waals surface area contributed by atoms with Crippen molar-refractivity contribution in [3.05, 3.63) is 23.8 Å². The van der Waals surface area contributed by atoms with Gasteiger partial charge >= 0.3 is 12.0 Å². The van der Waals surface area contributed by atoms with Crippen LogP contribution in [0.25, 0.3) is 0 Å². The average Bonchev–Trinajstić information content (AvgIpc) is 2.43. The predicted octanol–water partition coefficient (Wildman–Crippen LogP) is 1.04. The van der Waals surface area contributed by atoms with E-state index < -0.39 is 11.9 Å². The summed E-state index contributed by atoms with van der Waals surface area (Å²) in [5, 5.41) is 11.6. The van der Waals surface area contributed by atoms with E-state index in [1.54, 1.807) is 26.2 Å². The molecule has 20 heavy (non-hydrogen) atoms. The molecule has 1 heterocycles. The second-order valence-electron chi connectivity index (χ2n) is 4.59. The number of rotatable bonds is 6. The molecule has 0 radical (unpaired) electrons. The maximum atomic E-state index is 11.9. The second-order valence-corrected chi connectivity index (χ2v) is 4.59. The smallest absolute Gasteiger partial charge is 0.317 e. The van der Waals surface area contributed by atoms with E-state index in [2.05, 4.69) is 15.3 Å². The molecule has 0 bridgehead atoms. The largest absolute Gasteiger partial charge is 0.481 e. The first-order chi connectivity index (χ1) is 9.43. The first-order valence-corrected chi connectivity index (χ1v) is 6.47. The van der Waals surface area contributed by atoms with E-state index in [9.17, 15) is 9.59 Å². The summed E-state index contributed by atoms with van der Waals surface area (Å²) >= 11 is 0. The topological polar surface area (TPSA) is 95.4 Å². The summed E-state index contributed by atoms with van der Waals surface area (Å²) in [5.41, 5.74) is 1.47. The Morgan fingerprint density at radius 3 is 2.60 bits per heavy atom. The number of nitrogens with one attached hydrogen (secondary N) is 1. The molecule has 1 unspecified atom stereocenters. The molecule has 7 heteroatoms. The number of nitrogens with zero attached hydrogens (tertiary/aromatic N) is 3. The van der Waals surface area contributed by atoms with Crippen LogP contribution in [0.4, 0.5) is 4.79 Å². The van der Waals surface area contributed by atoms with Gasteiger partial charge < -0.3 is 15.3 Å². The Kier molecular flexibility index (Phi) is 5.89. The van der Waals surface area contributed by atoms with Crippen molar-refractivity contribution >= 4 is 12.0 Å². The third-order valence-electron chi connectivity index (χ3n) is 2.84. The highest BCUT2D eigenvalue weighted by Crippen LogP contribution is 2.01. The van der Waals surface area contributed by atoms with Gasteiger partial charge in [0.25, 0.3) is 0 Å². The number of carboxylic acid groups (broad SMARTS) is 1. The van der Waals surface area contributed by atoms with E-state index in [1.165, 1.54) is 4.90 Å². The van der Waals surface area contributed by atoms with Crippen LogP contribution in [-0.4, -0.2) is 45.1 Å². The molecule has 1 atom stereocenters. The molecule has 2 amide bonds. The van der Waals surface area contributed by atoms with Crippen LogP contribution in [0.3, 0.4) is 0 Å². The summed E-state index contributed by atoms with van der Waals surface area (Å²) in [4.78, 5) is 32.4. The number of amides is 2. The molecule has 0 saturated carbocycles. The van der Waals surface area contributed by atoms with Crippen molar-refractivity contribution in [1.29, 1.82) is 0 Å². The van der Waals surface area contributed by atoms with Crippen LogP contribution in [0.1, 0.15) is 25.2 Å². The molecule has 1 rings (SSSR count). The standard InChI is InChI=1S/C13H20N4O3/c1-4-17(8-9(2)12(18)19)13(20)16-7-11-6-14-10(3)5-15-11/h5-6,9H,4,7-8H2,1-3H3,(H,16,20)(H,18,19). The lowest BCUT2D eigenvalue weighted by Gasteiger charge is -2.23. The molecule has 7 nitrogen and oxygen atoms in total. The highest BCUT2D eigenvalue weighted by Gasteiger charge is 2.19. The second kappa shape index (κ2) is 7.42. The zero-order valence-corrected chi connectivity index (χ0v) is 12.0. The number of aromatic nitrogens is 2. The third-order valence-corrected chi connectivity index (χ3v) is 2.84. The number of carbonyl (C=O) groups excluding carboxylic acids is 1. The normalized spacial score (nSPS) is 11.8. The van der Waals surface area contributed by atoms with Crippen molar-refractivity contribution in [3.63, 3.8) is 0 Å². The van der Waals surface area contributed by atoms with Crippen molar-refractivity contribution in [2.24, 2.45) is 5.92 Å². The van der Waals surface area contributed by atoms with Crippen LogP contribution in [0.5, 0.6) is 0 Å². The van der Waals surface area contributed by atoms with Crippen molar-refractivity contribution in [2.45, 2.75) is 27.3 Å². The van der Waals surface area contributed by atoms with Gasteiger partial charge in [-0.2, -0.15) is 0 Å². The van der Waals surface area contributed by atoms with Gasteiger partial charge in [0.15, 0.2) is 0 Å². The monoisotopic (exact) mass is 280 g/mol. The van der Waals surface area contributed by atoms with Crippen LogP contribution in [0.15, 0.2) is 12.4 Å². The molecule has 1 aromatic rings. The molecule has 110 valence electrons. The highest BCUT2D eigenvalue weighted by atomic mass is 16.4. The van der Waals surface area contributed by atoms with Crippen molar-refractivity contribution in [1.82, 2.24) is 20.2 Å². The summed E-state index contributed by atoms with van der Waals surface area (Å²) in [7, 11) is 0. The van der Waals surface area contributed by atoms with E-state index >= 15 is 0 Å². The molecule has 0 aliphatic heterocycles. The van der Waals surface area contributed by atoms with Crippen molar-refractivity contribution in [2.75, 3.05) is 13.1 Å². The minimum atomic E-state index is -0.916. The van der Waals surface area contributed by atoms with Gasteiger partial charge in [0.2, 0.25) is 0 Å². The Balaban J connectivity index is 2.51. The van der Waals surface area contributed by atoms with Crippen LogP contribution < -0.4 is 5.32 Å². The van der Waals surface area contributed by atoms with Gasteiger partial charge in [-0.3, -0.25) is 14.8 Å². The quantitative estimate of drug-likeness (QED) is 0.811. The fourth-order valence-electron chi connectivity index (χ4n) is 1.55. The van der Waals surface area contributed by atoms with E-state index in [0.29, 0.717) is 12.2 Å². The van der Waals surface area contributed by atoms with Gasteiger partial charge in [-0.1, -0.05) is 6.92 Å². The SMILES string of the molecule is CCN(CC(C)C(=O)O)C(=O)NCc1cnc(C)cn1. The number of hydrogen-bond donors (Lipinski definition) is 2. The summed E-state index contributed by atoms with van der Waals surface area (Å²) in [6.07, 6.45) is 3.23. The lowest BCUT2D eigenvalue weighted by atomic mass is 10.2. The summed E-state index contributed by atoms with van der Waals surface area (Å²) < 4.78 is 0. The van der Waals surface area contributed by atoms with Gasteiger partial charge in [-0.05, 0) is 13.8 Å². The van der Waals surface area contributed by atoms with Crippen molar-refractivity contribution in [3.8, 4) is 0 Å². The fourth-order valence-corrected chi connectivity index (χ4v) is 1.55. The van der Waals surface area contributed by atoms with Crippen LogP contribution >= 0.6 is 0 Å². The first kappa shape index (κ1) is 15.9. The van der Waals surface area contributed by atoms with E-state index in [1.807, 2.05) is 6.92 Å². The molecule has 1 aromatic heterocycles. The molecule has 0 fully saturated rings. The Bertz CT molecular complexity index is 461. The zero-order chi connectivity index (χ0) is 15.1. The molecule has 0 aliphatic rings. The lowest BCUT2D eigenvalue weighted by Crippen LogP contribution is -2.43. The van der Waals surface area contributed by atoms with Crippen LogP contribution in [-0.2, 0) is 11.3 Å². The number of urea groups is 1. The van der Waals surface area contributed by atoms with Crippen LogP contribution in [0.2, 0.25) is 0 Å². The number of aliphatic carboxylic acids is 1. The number of carbonyl (C=O) groups is 2. The summed E-state index contributed by atoms with van der Waals surface area (Å²) in [6.45, 7) is 6.11. The fraction of sp³-hybridized carbons (Fsp3) is 0.538. The highest BCUT2D eigenvalue weighted by molar-refractivity contribution is 5.75. The number of carboxylic acids is 1. The molecule has 2 N–H and O–H groups in total. The van der Waals surface area contributed by atoms with Gasteiger partial charge in [-0.25, -0.2) is 4.79 Å². The van der Waals surface area contributed by atoms with Gasteiger partial charge in [0.1, 0.15) is 0 Å². The maximum absolute atomic E-state index is 11.9. The minimum absolute atomic E-state index is 0.178. The lowest BCUT2D eigenvalue weighted by molar-refractivity contribution is -0.141. The average molecular weight is 280 g/mol. The molecule has 0 aromatic carbocycles. The van der Waals surface area contributed by atoms with E-state index in [-0.39, 0.29) is 19.1 Å². The Morgan fingerprint density at radius 1 is 1.40 bits per heavy atom. The predicted molar refractivity (Wildman–Crippen MR) is 73.1 cm³/mol. The Labute approximate surface area is 118 Å². The molecule has 0 aliphatic carbocycles. The molecule has 0 saturated heterocycles. The number of aryl methyl sites for hydroxylation is 1. The maximum Gasteiger partial charge on any atom is 0.317 e. The van der Waals surface area contributed by atoms with Gasteiger partial charge in [0.05, 0.1) is 30.0 Å². The zero-order valence-electron chi connectivity index (χ0n) is 12.0. The van der Waals surface area contributed by atoms with Gasteiger partial charge in [-0.15, -0.1) is 0 Å². The first-order valence-electron chi connectivity index (χ1n) is 6.47. The number of hydrogen-bond acceptors (Lipinski definition) is 4. The summed E-state index contributed by atoms with van der Waals surface area (Å²) in [5.74, 6) is -1.51. The molecule has 0 spiro atoms. The van der Waals surface area contributed by atoms with E-state index in [0.717, 1.165) is 5.69 Å². The Hall–Kier alpha value is -2.18. The molecular weight excluding hydrogens is 260 g/mol. The molecular formula is C13H20N4O3.